The Morgan fingerprint density at radius 1 is 0.667 bits per heavy atom. The van der Waals surface area contributed by atoms with Gasteiger partial charge in [-0.3, -0.25) is 24.0 Å². The van der Waals surface area contributed by atoms with E-state index < -0.39 is 79.0 Å². The van der Waals surface area contributed by atoms with Crippen LogP contribution in [-0.4, -0.2) is 80.2 Å². The topological polar surface area (TPSA) is 271 Å². The molecule has 4 atom stereocenters. The molecule has 0 aliphatic heterocycles. The lowest BCUT2D eigenvalue weighted by molar-refractivity contribution is -0.142. The van der Waals surface area contributed by atoms with Gasteiger partial charge in [0.05, 0.1) is 12.5 Å². The summed E-state index contributed by atoms with van der Waals surface area (Å²) in [6.45, 7) is 0. The van der Waals surface area contributed by atoms with Crippen LogP contribution >= 0.6 is 0 Å². The first-order valence-electron chi connectivity index (χ1n) is 12.7. The molecule has 0 bridgehead atoms. The average Bonchev–Trinajstić information content (AvgIpc) is 2.91. The number of phenols is 2. The first kappa shape index (κ1) is 33.0. The van der Waals surface area contributed by atoms with Crippen LogP contribution < -0.4 is 27.4 Å². The predicted molar refractivity (Wildman–Crippen MR) is 146 cm³/mol. The molecule has 2 aromatic carbocycles. The number of carbonyl (C=O) groups excluding carboxylic acids is 4. The molecule has 0 saturated carbocycles. The molecule has 0 aromatic heterocycles. The fraction of sp³-hybridized carbons (Fsp3) is 0.333. The van der Waals surface area contributed by atoms with Crippen molar-refractivity contribution in [2.75, 3.05) is 0 Å². The van der Waals surface area contributed by atoms with Gasteiger partial charge in [-0.2, -0.15) is 0 Å². The average molecular weight is 588 g/mol. The summed E-state index contributed by atoms with van der Waals surface area (Å²) in [6, 6.07) is 5.53. The van der Waals surface area contributed by atoms with Gasteiger partial charge in [-0.15, -0.1) is 0 Å². The number of carboxylic acids is 2. The summed E-state index contributed by atoms with van der Waals surface area (Å²) in [6.07, 6.45) is -1.82. The molecule has 42 heavy (non-hydrogen) atoms. The van der Waals surface area contributed by atoms with Crippen molar-refractivity contribution >= 4 is 35.6 Å². The van der Waals surface area contributed by atoms with E-state index in [2.05, 4.69) is 16.0 Å². The van der Waals surface area contributed by atoms with E-state index in [1.165, 1.54) is 48.5 Å². The maximum absolute atomic E-state index is 13.3. The monoisotopic (exact) mass is 587 g/mol. The Bertz CT molecular complexity index is 1280. The lowest BCUT2D eigenvalue weighted by Gasteiger charge is -2.25. The Kier molecular flexibility index (Phi) is 12.2. The zero-order valence-electron chi connectivity index (χ0n) is 22.4. The van der Waals surface area contributed by atoms with Crippen molar-refractivity contribution in [3.05, 3.63) is 59.7 Å². The zero-order chi connectivity index (χ0) is 31.4. The molecule has 2 aromatic rings. The third kappa shape index (κ3) is 11.1. The van der Waals surface area contributed by atoms with E-state index in [0.29, 0.717) is 11.1 Å². The number of benzene rings is 2. The molecule has 15 heteroatoms. The van der Waals surface area contributed by atoms with Gasteiger partial charge in [0, 0.05) is 19.3 Å². The van der Waals surface area contributed by atoms with E-state index in [-0.39, 0.29) is 24.3 Å². The summed E-state index contributed by atoms with van der Waals surface area (Å²) in [5.74, 6) is -6.47. The summed E-state index contributed by atoms with van der Waals surface area (Å²) in [5.41, 5.74) is 11.6. The molecular formula is C27H33N5O10. The van der Waals surface area contributed by atoms with E-state index in [0.717, 1.165) is 0 Å². The minimum absolute atomic E-state index is 0.0357. The lowest BCUT2D eigenvalue weighted by atomic mass is 10.0. The van der Waals surface area contributed by atoms with Crippen molar-refractivity contribution in [3.63, 3.8) is 0 Å². The molecule has 0 aliphatic rings. The molecule has 4 unspecified atom stereocenters. The normalized spacial score (nSPS) is 13.5. The van der Waals surface area contributed by atoms with Gasteiger partial charge in [-0.05, 0) is 41.8 Å². The number of rotatable bonds is 16. The molecule has 4 amide bonds. The van der Waals surface area contributed by atoms with Gasteiger partial charge >= 0.3 is 11.9 Å². The number of primary amides is 1. The van der Waals surface area contributed by atoms with Crippen molar-refractivity contribution in [3.8, 4) is 11.5 Å². The molecule has 11 N–H and O–H groups in total. The Hall–Kier alpha value is -5.18. The maximum atomic E-state index is 13.3. The van der Waals surface area contributed by atoms with Crippen LogP contribution in [0.15, 0.2) is 48.5 Å². The summed E-state index contributed by atoms with van der Waals surface area (Å²) >= 11 is 0. The van der Waals surface area contributed by atoms with E-state index in [4.69, 9.17) is 16.6 Å². The van der Waals surface area contributed by atoms with Crippen molar-refractivity contribution in [2.24, 2.45) is 11.5 Å². The number of amides is 4. The zero-order valence-corrected chi connectivity index (χ0v) is 22.4. The number of carboxylic acid groups (broad SMARTS) is 2. The van der Waals surface area contributed by atoms with Crippen LogP contribution in [-0.2, 0) is 41.6 Å². The van der Waals surface area contributed by atoms with Gasteiger partial charge in [0.1, 0.15) is 29.6 Å². The largest absolute Gasteiger partial charge is 0.508 e. The molecule has 0 saturated heterocycles. The Morgan fingerprint density at radius 3 is 1.55 bits per heavy atom. The van der Waals surface area contributed by atoms with Gasteiger partial charge in [-0.25, -0.2) is 4.79 Å². The van der Waals surface area contributed by atoms with Crippen LogP contribution in [0.5, 0.6) is 11.5 Å². The molecule has 15 nitrogen and oxygen atoms in total. The summed E-state index contributed by atoms with van der Waals surface area (Å²) < 4.78 is 0. The van der Waals surface area contributed by atoms with Crippen LogP contribution in [0.1, 0.15) is 30.4 Å². The summed E-state index contributed by atoms with van der Waals surface area (Å²) in [5, 5.41) is 44.9. The molecule has 0 fully saturated rings. The van der Waals surface area contributed by atoms with Crippen molar-refractivity contribution in [2.45, 2.75) is 56.3 Å². The summed E-state index contributed by atoms with van der Waals surface area (Å²) in [4.78, 5) is 73.2. The van der Waals surface area contributed by atoms with Crippen LogP contribution in [0.25, 0.3) is 0 Å². The van der Waals surface area contributed by atoms with Crippen molar-refractivity contribution in [1.29, 1.82) is 0 Å². The lowest BCUT2D eigenvalue weighted by Crippen LogP contribution is -2.58. The number of phenolic OH excluding ortho intramolecular Hbond substituents is 2. The minimum atomic E-state index is -1.49. The summed E-state index contributed by atoms with van der Waals surface area (Å²) in [7, 11) is 0. The second kappa shape index (κ2) is 15.6. The maximum Gasteiger partial charge on any atom is 0.326 e. The van der Waals surface area contributed by atoms with Gasteiger partial charge in [-0.1, -0.05) is 24.3 Å². The highest BCUT2D eigenvalue weighted by atomic mass is 16.4. The first-order valence-corrected chi connectivity index (χ1v) is 12.7. The molecule has 0 heterocycles. The molecule has 226 valence electrons. The Morgan fingerprint density at radius 2 is 1.10 bits per heavy atom. The van der Waals surface area contributed by atoms with Crippen LogP contribution in [0.2, 0.25) is 0 Å². The Balaban J connectivity index is 2.29. The SMILES string of the molecule is NC(=O)CC(N)C(=O)NC(CCC(=O)O)C(=O)NC(Cc1ccc(O)cc1)C(=O)NC(Cc1ccc(O)cc1)C(=O)O. The highest BCUT2D eigenvalue weighted by molar-refractivity contribution is 5.95. The standard InChI is InChI=1S/C27H33N5O10/c28-18(13-22(29)35)24(38)30-19(9-10-23(36)37)25(39)31-20(11-14-1-5-16(33)6-2-14)26(40)32-21(27(41)42)12-15-3-7-17(34)8-4-15/h1-8,18-21,33-34H,9-13,28H2,(H2,29,35)(H,30,38)(H,31,39)(H,32,40)(H,36,37)(H,41,42). The Labute approximate surface area is 239 Å². The third-order valence-corrected chi connectivity index (χ3v) is 6.04. The van der Waals surface area contributed by atoms with Crippen LogP contribution in [0.3, 0.4) is 0 Å². The number of hydrogen-bond donors (Lipinski definition) is 9. The predicted octanol–water partition coefficient (Wildman–Crippen LogP) is -1.51. The molecule has 0 radical (unpaired) electrons. The molecule has 0 spiro atoms. The second-order valence-corrected chi connectivity index (χ2v) is 9.47. The first-order chi connectivity index (χ1) is 19.7. The van der Waals surface area contributed by atoms with Crippen LogP contribution in [0.4, 0.5) is 0 Å². The van der Waals surface area contributed by atoms with Crippen molar-refractivity contribution < 1.29 is 49.2 Å². The number of hydrogen-bond acceptors (Lipinski definition) is 9. The van der Waals surface area contributed by atoms with E-state index >= 15 is 0 Å². The van der Waals surface area contributed by atoms with Gasteiger partial charge in [0.2, 0.25) is 23.6 Å². The fourth-order valence-corrected chi connectivity index (χ4v) is 3.81. The smallest absolute Gasteiger partial charge is 0.326 e. The van der Waals surface area contributed by atoms with Gasteiger partial charge < -0.3 is 47.8 Å². The number of carbonyl (C=O) groups is 6. The van der Waals surface area contributed by atoms with Gasteiger partial charge in [0.15, 0.2) is 0 Å². The number of aromatic hydroxyl groups is 2. The van der Waals surface area contributed by atoms with Crippen molar-refractivity contribution in [1.82, 2.24) is 16.0 Å². The third-order valence-electron chi connectivity index (χ3n) is 6.04. The minimum Gasteiger partial charge on any atom is -0.508 e. The van der Waals surface area contributed by atoms with E-state index in [9.17, 15) is 44.1 Å². The number of nitrogens with two attached hydrogens (primary N) is 2. The van der Waals surface area contributed by atoms with Crippen LogP contribution in [0, 0.1) is 0 Å². The number of aliphatic carboxylic acids is 2. The molecule has 0 aliphatic carbocycles. The number of nitrogens with one attached hydrogen (secondary N) is 3. The van der Waals surface area contributed by atoms with E-state index in [1.54, 1.807) is 0 Å². The highest BCUT2D eigenvalue weighted by Gasteiger charge is 2.31. The van der Waals surface area contributed by atoms with Gasteiger partial charge in [0.25, 0.3) is 0 Å². The second-order valence-electron chi connectivity index (χ2n) is 9.47. The highest BCUT2D eigenvalue weighted by Crippen LogP contribution is 2.14. The van der Waals surface area contributed by atoms with E-state index in [1.807, 2.05) is 0 Å². The quantitative estimate of drug-likeness (QED) is 0.109. The molecule has 2 rings (SSSR count). The fourth-order valence-electron chi connectivity index (χ4n) is 3.81. The molecular weight excluding hydrogens is 554 g/mol.